The van der Waals surface area contributed by atoms with Crippen molar-refractivity contribution in [2.75, 3.05) is 12.3 Å². The molecule has 1 aliphatic heterocycles. The van der Waals surface area contributed by atoms with Gasteiger partial charge in [-0.1, -0.05) is 44.0 Å². The van der Waals surface area contributed by atoms with Crippen molar-refractivity contribution in [1.29, 1.82) is 0 Å². The molecule has 0 aliphatic carbocycles. The molecule has 9 heteroatoms. The number of hydrogen-bond donors (Lipinski definition) is 1. The zero-order valence-corrected chi connectivity index (χ0v) is 21.7. The van der Waals surface area contributed by atoms with E-state index in [0.717, 1.165) is 41.9 Å². The van der Waals surface area contributed by atoms with Crippen LogP contribution in [0.2, 0.25) is 0 Å². The van der Waals surface area contributed by atoms with E-state index in [-0.39, 0.29) is 0 Å². The number of rotatable bonds is 8. The van der Waals surface area contributed by atoms with Gasteiger partial charge in [0, 0.05) is 12.3 Å². The lowest BCUT2D eigenvalue weighted by atomic mass is 9.81. The topological polar surface area (TPSA) is 107 Å². The first-order valence-corrected chi connectivity index (χ1v) is 13.9. The number of hydrogen-bond acceptors (Lipinski definition) is 6. The summed E-state index contributed by atoms with van der Waals surface area (Å²) in [6.07, 6.45) is 16.2. The van der Waals surface area contributed by atoms with Gasteiger partial charge in [-0.05, 0) is 69.6 Å². The second kappa shape index (κ2) is 11.6. The van der Waals surface area contributed by atoms with E-state index < -0.39 is 19.3 Å². The van der Waals surface area contributed by atoms with Crippen molar-refractivity contribution >= 4 is 19.3 Å². The van der Waals surface area contributed by atoms with Crippen LogP contribution in [0.25, 0.3) is 22.9 Å². The summed E-state index contributed by atoms with van der Waals surface area (Å²) in [5.74, 6) is -0.103. The molecule has 0 spiro atoms. The lowest BCUT2D eigenvalue weighted by molar-refractivity contribution is -0.148. The Balaban J connectivity index is 1.61. The van der Waals surface area contributed by atoms with Gasteiger partial charge in [0.2, 0.25) is 0 Å². The summed E-state index contributed by atoms with van der Waals surface area (Å²) in [5, 5.41) is 18.6. The molecule has 3 aromatic heterocycles. The van der Waals surface area contributed by atoms with Crippen LogP contribution in [0.4, 0.5) is 0 Å². The highest BCUT2D eigenvalue weighted by Gasteiger charge is 2.34. The number of aromatic nitrogens is 5. The van der Waals surface area contributed by atoms with Gasteiger partial charge in [-0.15, -0.1) is 0 Å². The summed E-state index contributed by atoms with van der Waals surface area (Å²) in [6, 6.07) is 5.76. The van der Waals surface area contributed by atoms with Gasteiger partial charge in [0.25, 0.3) is 0 Å². The molecule has 3 aromatic rings. The SMILES string of the molecule is C=C/C=C(\C=C/C)Cn1nc(-c2nccc(P3CCCC(C)(C(=O)O)CCC3)n2)cc1-c1ccon1. The molecular weight excluding hydrogens is 473 g/mol. The number of carboxylic acids is 1. The molecule has 1 N–H and O–H groups in total. The molecule has 4 rings (SSSR count). The first kappa shape index (κ1) is 25.7. The molecule has 0 unspecified atom stereocenters. The third kappa shape index (κ3) is 5.88. The van der Waals surface area contributed by atoms with Crippen molar-refractivity contribution in [3.8, 4) is 22.9 Å². The van der Waals surface area contributed by atoms with Crippen LogP contribution in [0.5, 0.6) is 0 Å². The third-order valence-corrected chi connectivity index (χ3v) is 9.16. The summed E-state index contributed by atoms with van der Waals surface area (Å²) in [4.78, 5) is 21.2. The first-order valence-electron chi connectivity index (χ1n) is 12.2. The van der Waals surface area contributed by atoms with E-state index in [1.54, 1.807) is 18.5 Å². The minimum atomic E-state index is -0.683. The van der Waals surface area contributed by atoms with Crippen LogP contribution in [0, 0.1) is 5.41 Å². The zero-order chi connectivity index (χ0) is 25.5. The highest BCUT2D eigenvalue weighted by Crippen LogP contribution is 2.43. The number of nitrogens with zero attached hydrogens (tertiary/aromatic N) is 5. The summed E-state index contributed by atoms with van der Waals surface area (Å²) >= 11 is 0. The van der Waals surface area contributed by atoms with Gasteiger partial charge in [0.1, 0.15) is 17.7 Å². The standard InChI is InChI=1S/C27H32N5O3P/c1-4-8-20(9-5-2)19-32-23(21-11-15-35-31-21)18-22(30-32)25-28-14-10-24(29-25)36-16-6-12-27(3,26(33)34)13-7-17-36/h4-5,8-11,14-15,18H,1,6-7,12-13,16-17,19H2,2-3H3,(H,33,34)/b9-5-,20-8+. The van der Waals surface area contributed by atoms with Crippen LogP contribution < -0.4 is 5.44 Å². The van der Waals surface area contributed by atoms with Crippen molar-refractivity contribution in [1.82, 2.24) is 24.9 Å². The van der Waals surface area contributed by atoms with Crippen LogP contribution in [-0.4, -0.2) is 48.3 Å². The highest BCUT2D eigenvalue weighted by atomic mass is 31.1. The fourth-order valence-corrected chi connectivity index (χ4v) is 6.82. The molecule has 0 atom stereocenters. The van der Waals surface area contributed by atoms with E-state index in [0.29, 0.717) is 36.6 Å². The maximum Gasteiger partial charge on any atom is 0.309 e. The van der Waals surface area contributed by atoms with Crippen molar-refractivity contribution in [3.63, 3.8) is 0 Å². The molecule has 0 saturated carbocycles. The van der Waals surface area contributed by atoms with Gasteiger partial charge >= 0.3 is 5.97 Å². The largest absolute Gasteiger partial charge is 0.481 e. The molecule has 0 radical (unpaired) electrons. The molecule has 36 heavy (non-hydrogen) atoms. The van der Waals surface area contributed by atoms with Gasteiger partial charge in [-0.25, -0.2) is 9.97 Å². The van der Waals surface area contributed by atoms with E-state index >= 15 is 0 Å². The molecule has 0 aromatic carbocycles. The van der Waals surface area contributed by atoms with Crippen LogP contribution in [0.15, 0.2) is 71.6 Å². The van der Waals surface area contributed by atoms with Crippen molar-refractivity contribution in [2.45, 2.75) is 46.1 Å². The Hall–Kier alpha value is -3.38. The summed E-state index contributed by atoms with van der Waals surface area (Å²) in [7, 11) is -0.474. The number of carbonyl (C=O) groups is 1. The molecule has 1 saturated heterocycles. The third-order valence-electron chi connectivity index (χ3n) is 6.55. The quantitative estimate of drug-likeness (QED) is 0.320. The molecule has 8 nitrogen and oxygen atoms in total. The Morgan fingerprint density at radius 3 is 2.69 bits per heavy atom. The number of allylic oxidation sites excluding steroid dienone is 5. The molecule has 0 bridgehead atoms. The maximum atomic E-state index is 11.7. The van der Waals surface area contributed by atoms with Gasteiger partial charge in [-0.2, -0.15) is 5.10 Å². The van der Waals surface area contributed by atoms with Gasteiger partial charge < -0.3 is 9.63 Å². The smallest absolute Gasteiger partial charge is 0.309 e. The zero-order valence-electron chi connectivity index (χ0n) is 20.8. The molecule has 0 amide bonds. The van der Waals surface area contributed by atoms with E-state index in [4.69, 9.17) is 14.6 Å². The van der Waals surface area contributed by atoms with E-state index in [2.05, 4.69) is 16.7 Å². The molecule has 188 valence electrons. The lowest BCUT2D eigenvalue weighted by Gasteiger charge is -2.29. The minimum absolute atomic E-state index is 0.474. The van der Waals surface area contributed by atoms with Crippen molar-refractivity contribution < 1.29 is 14.4 Å². The van der Waals surface area contributed by atoms with Crippen LogP contribution in [-0.2, 0) is 11.3 Å². The van der Waals surface area contributed by atoms with Gasteiger partial charge in [0.15, 0.2) is 5.82 Å². The molecular formula is C27H32N5O3P. The van der Waals surface area contributed by atoms with Gasteiger partial charge in [-0.3, -0.25) is 9.48 Å². The average molecular weight is 506 g/mol. The summed E-state index contributed by atoms with van der Waals surface area (Å²) in [5.41, 5.74) is 3.66. The van der Waals surface area contributed by atoms with E-state index in [9.17, 15) is 9.90 Å². The fraction of sp³-hybridized carbons (Fsp3) is 0.370. The second-order valence-electron chi connectivity index (χ2n) is 9.23. The monoisotopic (exact) mass is 505 g/mol. The Labute approximate surface area is 212 Å². The van der Waals surface area contributed by atoms with E-state index in [1.807, 2.05) is 55.0 Å². The van der Waals surface area contributed by atoms with Crippen molar-refractivity contribution in [3.05, 3.63) is 67.1 Å². The predicted octanol–water partition coefficient (Wildman–Crippen LogP) is 5.46. The number of carboxylic acid groups (broad SMARTS) is 1. The van der Waals surface area contributed by atoms with Crippen molar-refractivity contribution in [2.24, 2.45) is 5.41 Å². The first-order chi connectivity index (χ1) is 17.4. The maximum absolute atomic E-state index is 11.7. The molecule has 1 aliphatic rings. The number of aliphatic carboxylic acids is 1. The Morgan fingerprint density at radius 1 is 1.28 bits per heavy atom. The van der Waals surface area contributed by atoms with Crippen LogP contribution in [0.3, 0.4) is 0 Å². The lowest BCUT2D eigenvalue weighted by Crippen LogP contribution is -2.29. The Bertz CT molecular complexity index is 1250. The summed E-state index contributed by atoms with van der Waals surface area (Å²) < 4.78 is 6.97. The molecule has 4 heterocycles. The Morgan fingerprint density at radius 2 is 2.06 bits per heavy atom. The fourth-order valence-electron chi connectivity index (χ4n) is 4.55. The predicted molar refractivity (Wildman–Crippen MR) is 142 cm³/mol. The normalized spacial score (nSPS) is 21.3. The van der Waals surface area contributed by atoms with Crippen LogP contribution in [0.1, 0.15) is 39.5 Å². The minimum Gasteiger partial charge on any atom is -0.481 e. The van der Waals surface area contributed by atoms with E-state index in [1.165, 1.54) is 0 Å². The second-order valence-corrected chi connectivity index (χ2v) is 11.7. The average Bonchev–Trinajstić information content (AvgIpc) is 3.52. The van der Waals surface area contributed by atoms with Crippen LogP contribution >= 0.6 is 7.92 Å². The Kier molecular flexibility index (Phi) is 8.26. The van der Waals surface area contributed by atoms with Gasteiger partial charge in [0.05, 0.1) is 23.1 Å². The summed E-state index contributed by atoms with van der Waals surface area (Å²) in [6.45, 7) is 8.20. The highest BCUT2D eigenvalue weighted by molar-refractivity contribution is 7.65. The molecule has 1 fully saturated rings.